The number of hydrogen-bond acceptors (Lipinski definition) is 2. The fourth-order valence-corrected chi connectivity index (χ4v) is 1.55. The van der Waals surface area contributed by atoms with Crippen molar-refractivity contribution in [1.82, 2.24) is 0 Å². The van der Waals surface area contributed by atoms with Gasteiger partial charge in [-0.15, -0.1) is 0 Å². The molecule has 0 aliphatic heterocycles. The fraction of sp³-hybridized carbons (Fsp3) is 0.571. The maximum absolute atomic E-state index is 6.23. The summed E-state index contributed by atoms with van der Waals surface area (Å²) < 4.78 is 5.13. The molecule has 2 N–H and O–H groups in total. The van der Waals surface area contributed by atoms with Crippen molar-refractivity contribution < 1.29 is 4.74 Å². The van der Waals surface area contributed by atoms with Gasteiger partial charge in [0.25, 0.3) is 0 Å². The number of nitrogens with two attached hydrogens (primary N) is 1. The van der Waals surface area contributed by atoms with Crippen molar-refractivity contribution in [3.8, 4) is 5.75 Å². The van der Waals surface area contributed by atoms with Gasteiger partial charge in [-0.25, -0.2) is 0 Å². The summed E-state index contributed by atoms with van der Waals surface area (Å²) in [6, 6.07) is 8.35. The molecule has 1 atom stereocenters. The first-order valence-corrected chi connectivity index (χ1v) is 5.88. The topological polar surface area (TPSA) is 35.2 Å². The second-order valence-electron chi connectivity index (χ2n) is 5.00. The van der Waals surface area contributed by atoms with Gasteiger partial charge >= 0.3 is 0 Å². The van der Waals surface area contributed by atoms with Crippen molar-refractivity contribution in [2.75, 3.05) is 7.11 Å². The van der Waals surface area contributed by atoms with Gasteiger partial charge in [-0.1, -0.05) is 32.9 Å². The zero-order valence-electron chi connectivity index (χ0n) is 10.8. The molecule has 90 valence electrons. The van der Waals surface area contributed by atoms with E-state index in [4.69, 9.17) is 10.5 Å². The Labute approximate surface area is 98.8 Å². The maximum atomic E-state index is 6.23. The standard InChI is InChI=1S/C14H23NO/c1-5-14(2,3)13(15)10-11-6-8-12(16-4)9-7-11/h6-9,13H,5,10,15H2,1-4H3. The minimum atomic E-state index is 0.194. The molecular formula is C14H23NO. The highest BCUT2D eigenvalue weighted by Gasteiger charge is 2.24. The fourth-order valence-electron chi connectivity index (χ4n) is 1.55. The van der Waals surface area contributed by atoms with Gasteiger partial charge in [0.15, 0.2) is 0 Å². The first kappa shape index (κ1) is 13.0. The Hall–Kier alpha value is -1.02. The van der Waals surface area contributed by atoms with Gasteiger partial charge in [0.2, 0.25) is 0 Å². The molecule has 1 rings (SSSR count). The molecule has 0 saturated carbocycles. The number of methoxy groups -OCH3 is 1. The second-order valence-corrected chi connectivity index (χ2v) is 5.00. The lowest BCUT2D eigenvalue weighted by Gasteiger charge is -2.30. The molecule has 1 aromatic carbocycles. The van der Waals surface area contributed by atoms with Gasteiger partial charge in [0, 0.05) is 6.04 Å². The maximum Gasteiger partial charge on any atom is 0.118 e. The van der Waals surface area contributed by atoms with Crippen LogP contribution in [0.3, 0.4) is 0 Å². The largest absolute Gasteiger partial charge is 0.497 e. The zero-order chi connectivity index (χ0) is 12.2. The molecule has 0 spiro atoms. The lowest BCUT2D eigenvalue weighted by molar-refractivity contribution is 0.272. The Morgan fingerprint density at radius 3 is 2.25 bits per heavy atom. The summed E-state index contributed by atoms with van der Waals surface area (Å²) >= 11 is 0. The summed E-state index contributed by atoms with van der Waals surface area (Å²) in [5.41, 5.74) is 7.70. The van der Waals surface area contributed by atoms with Crippen LogP contribution in [-0.4, -0.2) is 13.2 Å². The average Bonchev–Trinajstić information content (AvgIpc) is 2.30. The number of ether oxygens (including phenoxy) is 1. The molecule has 0 heterocycles. The molecule has 2 heteroatoms. The van der Waals surface area contributed by atoms with E-state index < -0.39 is 0 Å². The first-order valence-electron chi connectivity index (χ1n) is 5.88. The summed E-state index contributed by atoms with van der Waals surface area (Å²) in [4.78, 5) is 0. The SMILES string of the molecule is CCC(C)(C)C(N)Cc1ccc(OC)cc1. The quantitative estimate of drug-likeness (QED) is 0.829. The van der Waals surface area contributed by atoms with E-state index in [0.717, 1.165) is 18.6 Å². The van der Waals surface area contributed by atoms with Crippen LogP contribution in [0, 0.1) is 5.41 Å². The van der Waals surface area contributed by atoms with Crippen molar-refractivity contribution in [2.45, 2.75) is 39.7 Å². The molecule has 0 aliphatic rings. The predicted octanol–water partition coefficient (Wildman–Crippen LogP) is 3.00. The lowest BCUT2D eigenvalue weighted by atomic mass is 9.79. The molecule has 0 bridgehead atoms. The van der Waals surface area contributed by atoms with E-state index in [9.17, 15) is 0 Å². The first-order chi connectivity index (χ1) is 7.49. The van der Waals surface area contributed by atoms with Crippen LogP contribution in [0.2, 0.25) is 0 Å². The summed E-state index contributed by atoms with van der Waals surface area (Å²) in [6.07, 6.45) is 2.02. The highest BCUT2D eigenvalue weighted by atomic mass is 16.5. The Bertz CT molecular complexity index is 316. The Kier molecular flexibility index (Phi) is 4.36. The van der Waals surface area contributed by atoms with Crippen molar-refractivity contribution in [1.29, 1.82) is 0 Å². The second kappa shape index (κ2) is 5.35. The zero-order valence-corrected chi connectivity index (χ0v) is 10.8. The lowest BCUT2D eigenvalue weighted by Crippen LogP contribution is -2.38. The van der Waals surface area contributed by atoms with Crippen LogP contribution in [-0.2, 0) is 6.42 Å². The van der Waals surface area contributed by atoms with Crippen LogP contribution in [0.25, 0.3) is 0 Å². The van der Waals surface area contributed by atoms with Gasteiger partial charge in [0.05, 0.1) is 7.11 Å². The molecule has 0 amide bonds. The van der Waals surface area contributed by atoms with Gasteiger partial charge in [-0.2, -0.15) is 0 Å². The van der Waals surface area contributed by atoms with Gasteiger partial charge in [-0.3, -0.25) is 0 Å². The molecule has 0 radical (unpaired) electrons. The van der Waals surface area contributed by atoms with Crippen molar-refractivity contribution >= 4 is 0 Å². The third-order valence-corrected chi connectivity index (χ3v) is 3.53. The molecule has 2 nitrogen and oxygen atoms in total. The average molecular weight is 221 g/mol. The Morgan fingerprint density at radius 1 is 1.25 bits per heavy atom. The van der Waals surface area contributed by atoms with E-state index in [-0.39, 0.29) is 11.5 Å². The van der Waals surface area contributed by atoms with Crippen LogP contribution in [0.1, 0.15) is 32.8 Å². The highest BCUT2D eigenvalue weighted by molar-refractivity contribution is 5.27. The molecular weight excluding hydrogens is 198 g/mol. The molecule has 0 aliphatic carbocycles. The van der Waals surface area contributed by atoms with Crippen LogP contribution in [0.5, 0.6) is 5.75 Å². The normalized spacial score (nSPS) is 13.6. The third-order valence-electron chi connectivity index (χ3n) is 3.53. The summed E-state index contributed by atoms with van der Waals surface area (Å²) in [6.45, 7) is 6.64. The monoisotopic (exact) mass is 221 g/mol. The van der Waals surface area contributed by atoms with Crippen molar-refractivity contribution in [3.05, 3.63) is 29.8 Å². The summed E-state index contributed by atoms with van der Waals surface area (Å²) in [5, 5.41) is 0. The van der Waals surface area contributed by atoms with Gasteiger partial charge in [0.1, 0.15) is 5.75 Å². The number of hydrogen-bond donors (Lipinski definition) is 1. The number of rotatable bonds is 5. The van der Waals surface area contributed by atoms with Crippen LogP contribution in [0.4, 0.5) is 0 Å². The molecule has 0 saturated heterocycles. The molecule has 1 aromatic rings. The molecule has 0 fully saturated rings. The van der Waals surface area contributed by atoms with Gasteiger partial charge < -0.3 is 10.5 Å². The van der Waals surface area contributed by atoms with Crippen molar-refractivity contribution in [3.63, 3.8) is 0 Å². The van der Waals surface area contributed by atoms with Crippen molar-refractivity contribution in [2.24, 2.45) is 11.1 Å². The summed E-state index contributed by atoms with van der Waals surface area (Å²) in [5.74, 6) is 0.895. The predicted molar refractivity (Wildman–Crippen MR) is 68.7 cm³/mol. The van der Waals surface area contributed by atoms with E-state index in [1.807, 2.05) is 12.1 Å². The van der Waals surface area contributed by atoms with Gasteiger partial charge in [-0.05, 0) is 36.0 Å². The van der Waals surface area contributed by atoms with E-state index in [1.54, 1.807) is 7.11 Å². The third kappa shape index (κ3) is 3.24. The Morgan fingerprint density at radius 2 is 1.81 bits per heavy atom. The Balaban J connectivity index is 2.66. The van der Waals surface area contributed by atoms with Crippen LogP contribution >= 0.6 is 0 Å². The number of benzene rings is 1. The molecule has 16 heavy (non-hydrogen) atoms. The van der Waals surface area contributed by atoms with E-state index in [0.29, 0.717) is 0 Å². The summed E-state index contributed by atoms with van der Waals surface area (Å²) in [7, 11) is 1.68. The molecule has 0 aromatic heterocycles. The van der Waals surface area contributed by atoms with E-state index in [2.05, 4.69) is 32.9 Å². The minimum Gasteiger partial charge on any atom is -0.497 e. The van der Waals surface area contributed by atoms with Crippen LogP contribution in [0.15, 0.2) is 24.3 Å². The smallest absolute Gasteiger partial charge is 0.118 e. The molecule has 1 unspecified atom stereocenters. The minimum absolute atomic E-state index is 0.194. The van der Waals surface area contributed by atoms with Crippen LogP contribution < -0.4 is 10.5 Å². The van der Waals surface area contributed by atoms with E-state index in [1.165, 1.54) is 5.56 Å². The highest BCUT2D eigenvalue weighted by Crippen LogP contribution is 2.26. The van der Waals surface area contributed by atoms with E-state index >= 15 is 0 Å².